The van der Waals surface area contributed by atoms with Gasteiger partial charge in [0.15, 0.2) is 0 Å². The van der Waals surface area contributed by atoms with Crippen LogP contribution in [0, 0.1) is 5.92 Å². The van der Waals surface area contributed by atoms with Gasteiger partial charge >= 0.3 is 0 Å². The highest BCUT2D eigenvalue weighted by Crippen LogP contribution is 2.32. The fourth-order valence-corrected chi connectivity index (χ4v) is 2.74. The zero-order valence-corrected chi connectivity index (χ0v) is 11.6. The molecule has 1 N–H and O–H groups in total. The van der Waals surface area contributed by atoms with Gasteiger partial charge in [-0.2, -0.15) is 0 Å². The lowest BCUT2D eigenvalue weighted by molar-refractivity contribution is 0.0523. The van der Waals surface area contributed by atoms with Crippen LogP contribution < -0.4 is 5.32 Å². The van der Waals surface area contributed by atoms with Gasteiger partial charge in [-0.05, 0) is 58.7 Å². The van der Waals surface area contributed by atoms with Gasteiger partial charge in [-0.3, -0.25) is 0 Å². The lowest BCUT2D eigenvalue weighted by atomic mass is 9.78. The van der Waals surface area contributed by atoms with E-state index in [1.807, 2.05) is 0 Å². The van der Waals surface area contributed by atoms with Gasteiger partial charge in [-0.1, -0.05) is 20.3 Å². The third kappa shape index (κ3) is 3.74. The Morgan fingerprint density at radius 2 is 2.00 bits per heavy atom. The van der Waals surface area contributed by atoms with E-state index in [1.54, 1.807) is 0 Å². The Balaban J connectivity index is 2.25. The second-order valence-corrected chi connectivity index (χ2v) is 5.41. The molecule has 16 heavy (non-hydrogen) atoms. The molecule has 1 aliphatic rings. The molecule has 0 bridgehead atoms. The maximum Gasteiger partial charge on any atom is 0.0135 e. The molecule has 0 spiro atoms. The first-order valence-electron chi connectivity index (χ1n) is 7.13. The maximum atomic E-state index is 3.57. The van der Waals surface area contributed by atoms with E-state index in [4.69, 9.17) is 0 Å². The van der Waals surface area contributed by atoms with Crippen LogP contribution in [0.4, 0.5) is 0 Å². The van der Waals surface area contributed by atoms with Gasteiger partial charge in [0.2, 0.25) is 0 Å². The van der Waals surface area contributed by atoms with E-state index < -0.39 is 0 Å². The van der Waals surface area contributed by atoms with Crippen LogP contribution in [-0.2, 0) is 0 Å². The molecule has 1 saturated carbocycles. The first-order valence-corrected chi connectivity index (χ1v) is 7.13. The smallest absolute Gasteiger partial charge is 0.0135 e. The fourth-order valence-electron chi connectivity index (χ4n) is 2.74. The van der Waals surface area contributed by atoms with Gasteiger partial charge in [0.05, 0.1) is 0 Å². The highest BCUT2D eigenvalue weighted by atomic mass is 15.2. The van der Waals surface area contributed by atoms with Gasteiger partial charge in [-0.25, -0.2) is 0 Å². The van der Waals surface area contributed by atoms with Crippen molar-refractivity contribution < 1.29 is 0 Å². The summed E-state index contributed by atoms with van der Waals surface area (Å²) in [6.45, 7) is 9.30. The minimum Gasteiger partial charge on any atom is -0.316 e. The molecule has 0 amide bonds. The van der Waals surface area contributed by atoms with Crippen molar-refractivity contribution in [3.05, 3.63) is 0 Å². The predicted octanol–water partition coefficient (Wildman–Crippen LogP) is 2.89. The average Bonchev–Trinajstić information content (AvgIpc) is 2.23. The minimum absolute atomic E-state index is 0.754. The molecule has 3 atom stereocenters. The highest BCUT2D eigenvalue weighted by Gasteiger charge is 2.34. The van der Waals surface area contributed by atoms with Crippen LogP contribution in [0.3, 0.4) is 0 Å². The molecular formula is C14H30N2. The van der Waals surface area contributed by atoms with Crippen molar-refractivity contribution in [3.63, 3.8) is 0 Å². The molecule has 0 aromatic rings. The largest absolute Gasteiger partial charge is 0.316 e. The van der Waals surface area contributed by atoms with Crippen LogP contribution in [0.25, 0.3) is 0 Å². The molecule has 0 heterocycles. The van der Waals surface area contributed by atoms with E-state index in [0.29, 0.717) is 0 Å². The molecule has 0 aliphatic heterocycles. The number of hydrogen-bond acceptors (Lipinski definition) is 2. The Morgan fingerprint density at radius 1 is 1.25 bits per heavy atom. The third-order valence-corrected chi connectivity index (χ3v) is 4.14. The molecule has 0 saturated heterocycles. The molecule has 0 radical (unpaired) electrons. The summed E-state index contributed by atoms with van der Waals surface area (Å²) in [5.74, 6) is 0.899. The quantitative estimate of drug-likeness (QED) is 0.640. The zero-order chi connectivity index (χ0) is 12.0. The van der Waals surface area contributed by atoms with Crippen LogP contribution in [0.5, 0.6) is 0 Å². The summed E-state index contributed by atoms with van der Waals surface area (Å²) in [7, 11) is 2.32. The van der Waals surface area contributed by atoms with Gasteiger partial charge in [0.25, 0.3) is 0 Å². The molecule has 0 aromatic heterocycles. The molecule has 1 aliphatic carbocycles. The second-order valence-electron chi connectivity index (χ2n) is 5.41. The SMILES string of the molecule is CCCNCC1CCC1N(C)C(C)CCC. The summed E-state index contributed by atoms with van der Waals surface area (Å²) in [5.41, 5.74) is 0. The summed E-state index contributed by atoms with van der Waals surface area (Å²) in [6.07, 6.45) is 6.71. The molecule has 2 heteroatoms. The molecule has 1 rings (SSSR count). The topological polar surface area (TPSA) is 15.3 Å². The van der Waals surface area contributed by atoms with E-state index in [2.05, 4.69) is 38.0 Å². The van der Waals surface area contributed by atoms with Crippen LogP contribution in [0.15, 0.2) is 0 Å². The van der Waals surface area contributed by atoms with Crippen molar-refractivity contribution >= 4 is 0 Å². The van der Waals surface area contributed by atoms with E-state index in [0.717, 1.165) is 18.0 Å². The van der Waals surface area contributed by atoms with Crippen molar-refractivity contribution in [2.24, 2.45) is 5.92 Å². The van der Waals surface area contributed by atoms with Crippen LogP contribution in [-0.4, -0.2) is 37.1 Å². The second kappa shape index (κ2) is 7.29. The van der Waals surface area contributed by atoms with Crippen molar-refractivity contribution in [1.82, 2.24) is 10.2 Å². The Morgan fingerprint density at radius 3 is 2.50 bits per heavy atom. The monoisotopic (exact) mass is 226 g/mol. The Hall–Kier alpha value is -0.0800. The number of hydrogen-bond donors (Lipinski definition) is 1. The number of nitrogens with one attached hydrogen (secondary N) is 1. The average molecular weight is 226 g/mol. The van der Waals surface area contributed by atoms with Crippen LogP contribution >= 0.6 is 0 Å². The van der Waals surface area contributed by atoms with Gasteiger partial charge in [0, 0.05) is 12.1 Å². The van der Waals surface area contributed by atoms with Crippen molar-refractivity contribution in [2.45, 2.75) is 65.0 Å². The normalized spacial score (nSPS) is 26.8. The van der Waals surface area contributed by atoms with Gasteiger partial charge in [0.1, 0.15) is 0 Å². The van der Waals surface area contributed by atoms with Crippen LogP contribution in [0.1, 0.15) is 52.9 Å². The van der Waals surface area contributed by atoms with Crippen LogP contribution in [0.2, 0.25) is 0 Å². The molecule has 3 unspecified atom stereocenters. The number of rotatable bonds is 8. The first kappa shape index (κ1) is 14.0. The first-order chi connectivity index (χ1) is 7.70. The van der Waals surface area contributed by atoms with Gasteiger partial charge < -0.3 is 10.2 Å². The summed E-state index contributed by atoms with van der Waals surface area (Å²) < 4.78 is 0. The third-order valence-electron chi connectivity index (χ3n) is 4.14. The highest BCUT2D eigenvalue weighted by molar-refractivity contribution is 4.90. The molecule has 1 fully saturated rings. The lowest BCUT2D eigenvalue weighted by Crippen LogP contribution is -2.51. The zero-order valence-electron chi connectivity index (χ0n) is 11.6. The van der Waals surface area contributed by atoms with Crippen molar-refractivity contribution in [2.75, 3.05) is 20.1 Å². The standard InChI is InChI=1S/C14H30N2/c1-5-7-12(3)16(4)14-9-8-13(14)11-15-10-6-2/h12-15H,5-11H2,1-4H3. The fraction of sp³-hybridized carbons (Fsp3) is 1.00. The van der Waals surface area contributed by atoms with Gasteiger partial charge in [-0.15, -0.1) is 0 Å². The summed E-state index contributed by atoms with van der Waals surface area (Å²) in [5, 5.41) is 3.57. The lowest BCUT2D eigenvalue weighted by Gasteiger charge is -2.45. The molecular weight excluding hydrogens is 196 g/mol. The Labute approximate surface area is 102 Å². The summed E-state index contributed by atoms with van der Waals surface area (Å²) in [6, 6.07) is 1.59. The molecule has 96 valence electrons. The Bertz CT molecular complexity index is 182. The number of nitrogens with zero attached hydrogens (tertiary/aromatic N) is 1. The maximum absolute atomic E-state index is 3.57. The summed E-state index contributed by atoms with van der Waals surface area (Å²) in [4.78, 5) is 2.62. The minimum atomic E-state index is 0.754. The van der Waals surface area contributed by atoms with Crippen molar-refractivity contribution in [1.29, 1.82) is 0 Å². The van der Waals surface area contributed by atoms with E-state index >= 15 is 0 Å². The summed E-state index contributed by atoms with van der Waals surface area (Å²) >= 11 is 0. The molecule has 2 nitrogen and oxygen atoms in total. The van der Waals surface area contributed by atoms with Crippen molar-refractivity contribution in [3.8, 4) is 0 Å². The van der Waals surface area contributed by atoms with E-state index in [9.17, 15) is 0 Å². The Kier molecular flexibility index (Phi) is 6.37. The van der Waals surface area contributed by atoms with E-state index in [1.165, 1.54) is 45.2 Å². The molecule has 0 aromatic carbocycles. The predicted molar refractivity (Wildman–Crippen MR) is 71.8 cm³/mol. The van der Waals surface area contributed by atoms with E-state index in [-0.39, 0.29) is 0 Å².